The van der Waals surface area contributed by atoms with Crippen LogP contribution in [-0.4, -0.2) is 11.0 Å². The normalized spacial score (nSPS) is 10.5. The van der Waals surface area contributed by atoms with Crippen molar-refractivity contribution < 1.29 is 9.90 Å². The minimum absolute atomic E-state index is 0.181. The van der Waals surface area contributed by atoms with Crippen molar-refractivity contribution in [1.29, 1.82) is 0 Å². The Labute approximate surface area is 76.5 Å². The third-order valence-corrected chi connectivity index (χ3v) is 1.70. The lowest BCUT2D eigenvalue weighted by atomic mass is 10.1. The van der Waals surface area contributed by atoms with Crippen LogP contribution in [0.3, 0.4) is 0 Å². The van der Waals surface area contributed by atoms with E-state index in [4.69, 9.17) is 5.73 Å². The summed E-state index contributed by atoms with van der Waals surface area (Å²) in [5.74, 6) is -0.346. The van der Waals surface area contributed by atoms with Gasteiger partial charge in [-0.15, -0.1) is 0 Å². The van der Waals surface area contributed by atoms with Crippen LogP contribution in [0.25, 0.3) is 6.08 Å². The van der Waals surface area contributed by atoms with Gasteiger partial charge in [0.25, 0.3) is 0 Å². The molecule has 1 aromatic carbocycles. The molecule has 3 heteroatoms. The maximum absolute atomic E-state index is 10.4. The van der Waals surface area contributed by atoms with Crippen LogP contribution in [0.15, 0.2) is 24.3 Å². The van der Waals surface area contributed by atoms with Gasteiger partial charge in [0.1, 0.15) is 5.75 Å². The van der Waals surface area contributed by atoms with Crippen molar-refractivity contribution in [3.8, 4) is 5.75 Å². The number of aryl methyl sites for hydroxylation is 1. The molecule has 0 aliphatic rings. The molecule has 0 aliphatic heterocycles. The minimum atomic E-state index is -0.527. The van der Waals surface area contributed by atoms with Gasteiger partial charge < -0.3 is 10.8 Å². The summed E-state index contributed by atoms with van der Waals surface area (Å²) < 4.78 is 0. The first-order chi connectivity index (χ1) is 6.11. The molecular weight excluding hydrogens is 166 g/mol. The summed E-state index contributed by atoms with van der Waals surface area (Å²) in [5, 5.41) is 9.51. The molecule has 0 radical (unpaired) electrons. The second-order valence-electron chi connectivity index (χ2n) is 2.75. The van der Waals surface area contributed by atoms with E-state index in [9.17, 15) is 9.90 Å². The Hall–Kier alpha value is -1.77. The quantitative estimate of drug-likeness (QED) is 0.666. The highest BCUT2D eigenvalue weighted by Crippen LogP contribution is 2.22. The molecular formula is C10H11NO2. The summed E-state index contributed by atoms with van der Waals surface area (Å²) in [5.41, 5.74) is 6.29. The first kappa shape index (κ1) is 9.32. The number of phenolic OH excluding ortho intramolecular Hbond substituents is 1. The fourth-order valence-electron chi connectivity index (χ4n) is 0.988. The molecule has 0 atom stereocenters. The van der Waals surface area contributed by atoms with Gasteiger partial charge in [-0.05, 0) is 18.6 Å². The van der Waals surface area contributed by atoms with Gasteiger partial charge >= 0.3 is 0 Å². The van der Waals surface area contributed by atoms with Crippen LogP contribution in [0.2, 0.25) is 0 Å². The van der Waals surface area contributed by atoms with E-state index in [1.807, 2.05) is 0 Å². The van der Waals surface area contributed by atoms with Gasteiger partial charge in [-0.3, -0.25) is 4.79 Å². The van der Waals surface area contributed by atoms with E-state index in [-0.39, 0.29) is 5.75 Å². The Morgan fingerprint density at radius 2 is 2.23 bits per heavy atom. The largest absolute Gasteiger partial charge is 0.507 e. The molecule has 0 spiro atoms. The van der Waals surface area contributed by atoms with Crippen molar-refractivity contribution in [2.75, 3.05) is 0 Å². The molecule has 0 saturated heterocycles. The smallest absolute Gasteiger partial charge is 0.241 e. The van der Waals surface area contributed by atoms with Crippen molar-refractivity contribution in [2.24, 2.45) is 5.73 Å². The molecule has 1 amide bonds. The molecule has 13 heavy (non-hydrogen) atoms. The number of primary amides is 1. The number of phenols is 1. The summed E-state index contributed by atoms with van der Waals surface area (Å²) in [6, 6.07) is 5.30. The average molecular weight is 177 g/mol. The Morgan fingerprint density at radius 3 is 2.85 bits per heavy atom. The Morgan fingerprint density at radius 1 is 1.54 bits per heavy atom. The molecule has 1 rings (SSSR count). The van der Waals surface area contributed by atoms with Crippen molar-refractivity contribution in [3.05, 3.63) is 35.4 Å². The molecule has 0 bridgehead atoms. The van der Waals surface area contributed by atoms with E-state index in [0.29, 0.717) is 5.56 Å². The fraction of sp³-hybridized carbons (Fsp3) is 0.100. The van der Waals surface area contributed by atoms with Gasteiger partial charge in [0, 0.05) is 11.6 Å². The zero-order chi connectivity index (χ0) is 9.84. The number of carbonyl (C=O) groups excluding carboxylic acids is 1. The molecule has 0 fully saturated rings. The van der Waals surface area contributed by atoms with E-state index in [1.54, 1.807) is 25.1 Å². The summed E-state index contributed by atoms with van der Waals surface area (Å²) in [4.78, 5) is 10.4. The Kier molecular flexibility index (Phi) is 2.69. The highest BCUT2D eigenvalue weighted by atomic mass is 16.3. The third-order valence-electron chi connectivity index (χ3n) is 1.70. The number of para-hydroxylation sites is 1. The van der Waals surface area contributed by atoms with Gasteiger partial charge in [-0.2, -0.15) is 0 Å². The molecule has 0 saturated carbocycles. The predicted molar refractivity (Wildman–Crippen MR) is 51.1 cm³/mol. The van der Waals surface area contributed by atoms with Gasteiger partial charge in [-0.25, -0.2) is 0 Å². The van der Waals surface area contributed by atoms with Gasteiger partial charge in [0.15, 0.2) is 0 Å². The zero-order valence-corrected chi connectivity index (χ0v) is 7.32. The standard InChI is InChI=1S/C10H11NO2/c1-7-3-2-4-8(10(7)13)5-6-9(11)12/h2-6,13H,1H3,(H2,11,12)/b6-5-. The molecule has 0 heterocycles. The lowest BCUT2D eigenvalue weighted by Gasteiger charge is -2.01. The van der Waals surface area contributed by atoms with E-state index < -0.39 is 5.91 Å². The molecule has 0 unspecified atom stereocenters. The monoisotopic (exact) mass is 177 g/mol. The first-order valence-electron chi connectivity index (χ1n) is 3.87. The average Bonchev–Trinajstić information content (AvgIpc) is 2.07. The number of aromatic hydroxyl groups is 1. The highest BCUT2D eigenvalue weighted by Gasteiger charge is 1.99. The van der Waals surface area contributed by atoms with Crippen LogP contribution in [0, 0.1) is 6.92 Å². The maximum Gasteiger partial charge on any atom is 0.241 e. The molecule has 3 nitrogen and oxygen atoms in total. The van der Waals surface area contributed by atoms with Crippen LogP contribution in [0.4, 0.5) is 0 Å². The van der Waals surface area contributed by atoms with Gasteiger partial charge in [0.2, 0.25) is 5.91 Å². The minimum Gasteiger partial charge on any atom is -0.507 e. The molecule has 3 N–H and O–H groups in total. The van der Waals surface area contributed by atoms with Crippen LogP contribution < -0.4 is 5.73 Å². The van der Waals surface area contributed by atoms with Crippen molar-refractivity contribution in [2.45, 2.75) is 6.92 Å². The SMILES string of the molecule is Cc1cccc(/C=C\C(N)=O)c1O. The second kappa shape index (κ2) is 3.76. The predicted octanol–water partition coefficient (Wildman–Crippen LogP) is 1.20. The third kappa shape index (κ3) is 2.33. The molecule has 1 aromatic rings. The van der Waals surface area contributed by atoms with Gasteiger partial charge in [0.05, 0.1) is 0 Å². The van der Waals surface area contributed by atoms with Crippen LogP contribution in [-0.2, 0) is 4.79 Å². The number of carbonyl (C=O) groups is 1. The first-order valence-corrected chi connectivity index (χ1v) is 3.87. The highest BCUT2D eigenvalue weighted by molar-refractivity contribution is 5.90. The summed E-state index contributed by atoms with van der Waals surface area (Å²) in [7, 11) is 0. The number of hydrogen-bond donors (Lipinski definition) is 2. The number of amides is 1. The van der Waals surface area contributed by atoms with Gasteiger partial charge in [-0.1, -0.05) is 18.2 Å². The van der Waals surface area contributed by atoms with Crippen molar-refractivity contribution >= 4 is 12.0 Å². The number of benzene rings is 1. The van der Waals surface area contributed by atoms with E-state index in [2.05, 4.69) is 0 Å². The Bertz CT molecular complexity index is 356. The summed E-state index contributed by atoms with van der Waals surface area (Å²) in [6.45, 7) is 1.79. The maximum atomic E-state index is 10.4. The number of rotatable bonds is 2. The van der Waals surface area contributed by atoms with E-state index >= 15 is 0 Å². The number of hydrogen-bond acceptors (Lipinski definition) is 2. The van der Waals surface area contributed by atoms with E-state index in [0.717, 1.165) is 5.56 Å². The van der Waals surface area contributed by atoms with Crippen molar-refractivity contribution in [1.82, 2.24) is 0 Å². The summed E-state index contributed by atoms with van der Waals surface area (Å²) >= 11 is 0. The lowest BCUT2D eigenvalue weighted by molar-refractivity contribution is -0.113. The van der Waals surface area contributed by atoms with Crippen LogP contribution in [0.5, 0.6) is 5.75 Å². The zero-order valence-electron chi connectivity index (χ0n) is 7.32. The molecule has 0 aromatic heterocycles. The molecule has 0 aliphatic carbocycles. The van der Waals surface area contributed by atoms with Crippen LogP contribution >= 0.6 is 0 Å². The lowest BCUT2D eigenvalue weighted by Crippen LogP contribution is -2.05. The number of nitrogens with two attached hydrogens (primary N) is 1. The topological polar surface area (TPSA) is 63.3 Å². The van der Waals surface area contributed by atoms with Crippen LogP contribution in [0.1, 0.15) is 11.1 Å². The Balaban J connectivity index is 3.02. The summed E-state index contributed by atoms with van der Waals surface area (Å²) in [6.07, 6.45) is 2.71. The van der Waals surface area contributed by atoms with Crippen molar-refractivity contribution in [3.63, 3.8) is 0 Å². The fourth-order valence-corrected chi connectivity index (χ4v) is 0.988. The second-order valence-corrected chi connectivity index (χ2v) is 2.75. The molecule has 68 valence electrons. The van der Waals surface area contributed by atoms with E-state index in [1.165, 1.54) is 12.2 Å².